The van der Waals surface area contributed by atoms with Crippen molar-refractivity contribution in [2.75, 3.05) is 11.9 Å². The molecule has 4 aromatic rings. The van der Waals surface area contributed by atoms with Crippen molar-refractivity contribution in [2.45, 2.75) is 71.6 Å². The van der Waals surface area contributed by atoms with E-state index in [-0.39, 0.29) is 24.5 Å². The summed E-state index contributed by atoms with van der Waals surface area (Å²) in [6.45, 7) is 9.15. The van der Waals surface area contributed by atoms with E-state index in [1.54, 1.807) is 52.0 Å². The van der Waals surface area contributed by atoms with Crippen molar-refractivity contribution in [1.29, 1.82) is 0 Å². The van der Waals surface area contributed by atoms with Crippen LogP contribution in [0.4, 0.5) is 10.5 Å². The molecule has 0 aromatic heterocycles. The van der Waals surface area contributed by atoms with Crippen molar-refractivity contribution >= 4 is 34.4 Å². The number of hydrogen-bond donors (Lipinski definition) is 4. The molecule has 0 aliphatic carbocycles. The second kappa shape index (κ2) is 14.8. The van der Waals surface area contributed by atoms with Gasteiger partial charge in [-0.05, 0) is 98.0 Å². The average molecular weight is 626 g/mol. The lowest BCUT2D eigenvalue weighted by atomic mass is 9.98. The molecule has 242 valence electrons. The fraction of sp³-hybridized carbons (Fsp3) is 0.324. The van der Waals surface area contributed by atoms with Crippen LogP contribution in [0.1, 0.15) is 63.3 Å². The van der Waals surface area contributed by atoms with E-state index in [1.165, 1.54) is 23.1 Å². The number of amides is 3. The van der Waals surface area contributed by atoms with Crippen LogP contribution in [-0.4, -0.2) is 51.2 Å². The second-order valence-corrected chi connectivity index (χ2v) is 12.5. The zero-order chi connectivity index (χ0) is 33.4. The highest BCUT2D eigenvalue weighted by Crippen LogP contribution is 2.30. The topological polar surface area (TPSA) is 128 Å². The number of nitrogens with one attached hydrogen (secondary N) is 2. The Labute approximate surface area is 270 Å². The molecule has 0 saturated carbocycles. The van der Waals surface area contributed by atoms with Crippen LogP contribution < -0.4 is 10.6 Å². The third kappa shape index (κ3) is 9.00. The molecular formula is C37H43N3O6. The standard InChI is InChI=1S/C37H43N3O6/c1-6-7-20-40(35(44)31(39-36(45)46-37(3,4)5)22-25-12-17-30(41)18-13-25)33(28-15-19-32(42)24(2)21-28)34(43)38-29-16-14-26-10-8-9-11-27(26)23-29/h8-19,21,23,31,33,41-42H,6-7,20,22H2,1-5H3,(H,38,43)(H,39,45). The van der Waals surface area contributed by atoms with E-state index in [0.717, 1.165) is 17.2 Å². The van der Waals surface area contributed by atoms with E-state index >= 15 is 0 Å². The maximum Gasteiger partial charge on any atom is 0.408 e. The number of alkyl carbamates (subject to hydrolysis) is 1. The number of fused-ring (bicyclic) bond motifs is 1. The lowest BCUT2D eigenvalue weighted by Crippen LogP contribution is -2.53. The number of unbranched alkanes of at least 4 members (excludes halogenated alkanes) is 1. The van der Waals surface area contributed by atoms with Gasteiger partial charge in [0.1, 0.15) is 29.2 Å². The van der Waals surface area contributed by atoms with E-state index in [2.05, 4.69) is 10.6 Å². The van der Waals surface area contributed by atoms with E-state index in [9.17, 15) is 24.6 Å². The number of carbonyl (C=O) groups excluding carboxylic acids is 3. The molecule has 4 N–H and O–H groups in total. The first-order valence-electron chi connectivity index (χ1n) is 15.5. The van der Waals surface area contributed by atoms with Gasteiger partial charge in [0.2, 0.25) is 5.91 Å². The molecule has 0 bridgehead atoms. The summed E-state index contributed by atoms with van der Waals surface area (Å²) in [6.07, 6.45) is 0.674. The van der Waals surface area contributed by atoms with Gasteiger partial charge in [0.15, 0.2) is 0 Å². The number of nitrogens with zero attached hydrogens (tertiary/aromatic N) is 1. The minimum absolute atomic E-state index is 0.0701. The largest absolute Gasteiger partial charge is 0.508 e. The minimum Gasteiger partial charge on any atom is -0.508 e. The normalized spacial score (nSPS) is 12.6. The number of phenolic OH excluding ortho intramolecular Hbond substituents is 2. The van der Waals surface area contributed by atoms with Crippen LogP contribution in [0.3, 0.4) is 0 Å². The minimum atomic E-state index is -1.09. The Bertz CT molecular complexity index is 1680. The maximum absolute atomic E-state index is 14.6. The molecule has 0 aliphatic heterocycles. The van der Waals surface area contributed by atoms with E-state index in [0.29, 0.717) is 28.8 Å². The molecule has 46 heavy (non-hydrogen) atoms. The average Bonchev–Trinajstić information content (AvgIpc) is 3.00. The number of aromatic hydroxyl groups is 2. The highest BCUT2D eigenvalue weighted by atomic mass is 16.6. The van der Waals surface area contributed by atoms with Crippen LogP contribution in [0.25, 0.3) is 10.8 Å². The van der Waals surface area contributed by atoms with E-state index in [1.807, 2.05) is 49.4 Å². The molecule has 9 heteroatoms. The highest BCUT2D eigenvalue weighted by molar-refractivity contribution is 6.00. The summed E-state index contributed by atoms with van der Waals surface area (Å²) in [5.74, 6) is -0.771. The van der Waals surface area contributed by atoms with Crippen LogP contribution in [0.2, 0.25) is 0 Å². The van der Waals surface area contributed by atoms with Crippen molar-refractivity contribution in [3.05, 3.63) is 102 Å². The number of benzene rings is 4. The van der Waals surface area contributed by atoms with Crippen molar-refractivity contribution in [3.8, 4) is 11.5 Å². The van der Waals surface area contributed by atoms with Gasteiger partial charge < -0.3 is 30.5 Å². The number of anilines is 1. The fourth-order valence-corrected chi connectivity index (χ4v) is 5.21. The summed E-state index contributed by atoms with van der Waals surface area (Å²) < 4.78 is 5.50. The molecule has 0 saturated heterocycles. The quantitative estimate of drug-likeness (QED) is 0.142. The molecule has 3 amide bonds. The van der Waals surface area contributed by atoms with Crippen molar-refractivity contribution < 1.29 is 29.3 Å². The van der Waals surface area contributed by atoms with Crippen LogP contribution in [-0.2, 0) is 20.7 Å². The predicted molar refractivity (Wildman–Crippen MR) is 180 cm³/mol. The predicted octanol–water partition coefficient (Wildman–Crippen LogP) is 7.00. The van der Waals surface area contributed by atoms with Gasteiger partial charge in [-0.1, -0.05) is 61.9 Å². The van der Waals surface area contributed by atoms with Gasteiger partial charge in [-0.3, -0.25) is 9.59 Å². The zero-order valence-electron chi connectivity index (χ0n) is 27.0. The Morgan fingerprint density at radius 1 is 0.891 bits per heavy atom. The van der Waals surface area contributed by atoms with Gasteiger partial charge in [0.05, 0.1) is 0 Å². The monoisotopic (exact) mass is 625 g/mol. The summed E-state index contributed by atoms with van der Waals surface area (Å²) in [6, 6.07) is 22.5. The summed E-state index contributed by atoms with van der Waals surface area (Å²) in [7, 11) is 0. The first-order valence-corrected chi connectivity index (χ1v) is 15.5. The Morgan fingerprint density at radius 3 is 2.24 bits per heavy atom. The first-order chi connectivity index (χ1) is 21.8. The van der Waals surface area contributed by atoms with Crippen molar-refractivity contribution in [1.82, 2.24) is 10.2 Å². The van der Waals surface area contributed by atoms with Crippen LogP contribution in [0.15, 0.2) is 84.9 Å². The second-order valence-electron chi connectivity index (χ2n) is 12.5. The lowest BCUT2D eigenvalue weighted by molar-refractivity contribution is -0.140. The smallest absolute Gasteiger partial charge is 0.408 e. The molecular weight excluding hydrogens is 582 g/mol. The summed E-state index contributed by atoms with van der Waals surface area (Å²) in [5, 5.41) is 27.8. The van der Waals surface area contributed by atoms with Crippen LogP contribution >= 0.6 is 0 Å². The highest BCUT2D eigenvalue weighted by Gasteiger charge is 2.36. The Balaban J connectivity index is 1.76. The molecule has 0 heterocycles. The lowest BCUT2D eigenvalue weighted by Gasteiger charge is -2.35. The Morgan fingerprint density at radius 2 is 1.59 bits per heavy atom. The van der Waals surface area contributed by atoms with Gasteiger partial charge >= 0.3 is 6.09 Å². The molecule has 9 nitrogen and oxygen atoms in total. The molecule has 0 radical (unpaired) electrons. The SMILES string of the molecule is CCCCN(C(=O)C(Cc1ccc(O)cc1)NC(=O)OC(C)(C)C)C(C(=O)Nc1ccc2ccccc2c1)c1ccc(O)c(C)c1. The molecule has 4 rings (SSSR count). The fourth-order valence-electron chi connectivity index (χ4n) is 5.21. The van der Waals surface area contributed by atoms with Gasteiger partial charge in [0, 0.05) is 18.7 Å². The Kier molecular flexibility index (Phi) is 10.9. The molecule has 0 fully saturated rings. The molecule has 0 aliphatic rings. The van der Waals surface area contributed by atoms with E-state index < -0.39 is 35.6 Å². The molecule has 2 unspecified atom stereocenters. The Hall–Kier alpha value is -5.05. The summed E-state index contributed by atoms with van der Waals surface area (Å²) in [4.78, 5) is 43.4. The third-order valence-electron chi connectivity index (χ3n) is 7.51. The molecule has 0 spiro atoms. The third-order valence-corrected chi connectivity index (χ3v) is 7.51. The van der Waals surface area contributed by atoms with Gasteiger partial charge in [0.25, 0.3) is 5.91 Å². The number of aryl methyl sites for hydroxylation is 1. The van der Waals surface area contributed by atoms with E-state index in [4.69, 9.17) is 4.74 Å². The number of hydrogen-bond acceptors (Lipinski definition) is 6. The number of carbonyl (C=O) groups is 3. The molecule has 4 aromatic carbocycles. The zero-order valence-corrected chi connectivity index (χ0v) is 27.0. The van der Waals surface area contributed by atoms with Gasteiger partial charge in [-0.2, -0.15) is 0 Å². The van der Waals surface area contributed by atoms with Crippen LogP contribution in [0, 0.1) is 6.92 Å². The summed E-state index contributed by atoms with van der Waals surface area (Å²) >= 11 is 0. The van der Waals surface area contributed by atoms with Gasteiger partial charge in [-0.15, -0.1) is 0 Å². The van der Waals surface area contributed by atoms with Crippen LogP contribution in [0.5, 0.6) is 11.5 Å². The summed E-state index contributed by atoms with van der Waals surface area (Å²) in [5.41, 5.74) is 1.53. The number of rotatable bonds is 11. The maximum atomic E-state index is 14.6. The number of phenols is 2. The molecule has 2 atom stereocenters. The first kappa shape index (κ1) is 33.8. The van der Waals surface area contributed by atoms with Crippen molar-refractivity contribution in [2.24, 2.45) is 0 Å². The van der Waals surface area contributed by atoms with Gasteiger partial charge in [-0.25, -0.2) is 4.79 Å². The number of ether oxygens (including phenoxy) is 1. The van der Waals surface area contributed by atoms with Crippen molar-refractivity contribution in [3.63, 3.8) is 0 Å².